The smallest absolute Gasteiger partial charge is 0.244 e. The first-order valence-corrected chi connectivity index (χ1v) is 7.91. The van der Waals surface area contributed by atoms with Crippen molar-refractivity contribution in [2.24, 2.45) is 5.73 Å². The van der Waals surface area contributed by atoms with Crippen LogP contribution in [0.1, 0.15) is 11.1 Å². The molecule has 0 aliphatic carbocycles. The lowest BCUT2D eigenvalue weighted by Gasteiger charge is -2.15. The summed E-state index contributed by atoms with van der Waals surface area (Å²) in [4.78, 5) is 19.5. The molecule has 122 valence electrons. The highest BCUT2D eigenvalue weighted by atomic mass is 16.1. The molecule has 3 aromatic rings. The van der Waals surface area contributed by atoms with Gasteiger partial charge in [-0.1, -0.05) is 30.3 Å². The van der Waals surface area contributed by atoms with E-state index in [1.165, 1.54) is 6.08 Å². The van der Waals surface area contributed by atoms with Gasteiger partial charge in [0.25, 0.3) is 0 Å². The third-order valence-corrected chi connectivity index (χ3v) is 3.85. The van der Waals surface area contributed by atoms with E-state index in [9.17, 15) is 4.79 Å². The van der Waals surface area contributed by atoms with Gasteiger partial charge in [-0.3, -0.25) is 4.79 Å². The minimum absolute atomic E-state index is 0.0887. The summed E-state index contributed by atoms with van der Waals surface area (Å²) in [5.41, 5.74) is 8.67. The number of H-pyrrole nitrogens is 1. The first kappa shape index (κ1) is 16.0. The number of aromatic amines is 1. The lowest BCUT2D eigenvalue weighted by molar-refractivity contribution is -0.117. The van der Waals surface area contributed by atoms with Crippen LogP contribution in [0.5, 0.6) is 0 Å². The lowest BCUT2D eigenvalue weighted by atomic mass is 10.1. The Labute approximate surface area is 140 Å². The molecule has 0 aliphatic heterocycles. The van der Waals surface area contributed by atoms with Crippen molar-refractivity contribution < 1.29 is 4.79 Å². The van der Waals surface area contributed by atoms with Crippen molar-refractivity contribution in [1.29, 1.82) is 0 Å². The van der Waals surface area contributed by atoms with Crippen molar-refractivity contribution in [1.82, 2.24) is 15.3 Å². The SMILES string of the molecule is NC[C@@H](Cc1ccccc1)NC(=O)C=Cc1c[nH]c2ncccc12. The zero-order chi connectivity index (χ0) is 16.8. The van der Waals surface area contributed by atoms with Crippen LogP contribution in [-0.4, -0.2) is 28.5 Å². The quantitative estimate of drug-likeness (QED) is 0.609. The summed E-state index contributed by atoms with van der Waals surface area (Å²) in [6, 6.07) is 13.7. The molecule has 1 amide bonds. The summed E-state index contributed by atoms with van der Waals surface area (Å²) in [5, 5.41) is 3.94. The van der Waals surface area contributed by atoms with Gasteiger partial charge in [0.2, 0.25) is 5.91 Å². The van der Waals surface area contributed by atoms with Gasteiger partial charge in [-0.2, -0.15) is 0 Å². The fourth-order valence-electron chi connectivity index (χ4n) is 2.62. The highest BCUT2D eigenvalue weighted by Crippen LogP contribution is 2.16. The van der Waals surface area contributed by atoms with Gasteiger partial charge in [-0.25, -0.2) is 4.98 Å². The fourth-order valence-corrected chi connectivity index (χ4v) is 2.62. The van der Waals surface area contributed by atoms with Crippen molar-refractivity contribution in [3.63, 3.8) is 0 Å². The summed E-state index contributed by atoms with van der Waals surface area (Å²) in [6.07, 6.45) is 7.60. The summed E-state index contributed by atoms with van der Waals surface area (Å²) in [7, 11) is 0. The Hall–Kier alpha value is -2.92. The molecule has 24 heavy (non-hydrogen) atoms. The van der Waals surface area contributed by atoms with E-state index >= 15 is 0 Å². The minimum Gasteiger partial charge on any atom is -0.348 e. The van der Waals surface area contributed by atoms with Crippen LogP contribution in [0.15, 0.2) is 60.9 Å². The molecule has 5 heteroatoms. The third kappa shape index (κ3) is 3.88. The number of nitrogens with zero attached hydrogens (tertiary/aromatic N) is 1. The van der Waals surface area contributed by atoms with Crippen LogP contribution in [0.4, 0.5) is 0 Å². The molecule has 1 atom stereocenters. The van der Waals surface area contributed by atoms with E-state index in [2.05, 4.69) is 15.3 Å². The van der Waals surface area contributed by atoms with E-state index in [-0.39, 0.29) is 11.9 Å². The van der Waals surface area contributed by atoms with Crippen LogP contribution in [-0.2, 0) is 11.2 Å². The van der Waals surface area contributed by atoms with Crippen molar-refractivity contribution in [3.8, 4) is 0 Å². The zero-order valence-electron chi connectivity index (χ0n) is 13.3. The molecule has 0 aliphatic rings. The molecule has 0 spiro atoms. The van der Waals surface area contributed by atoms with Crippen molar-refractivity contribution in [2.45, 2.75) is 12.5 Å². The van der Waals surface area contributed by atoms with Crippen molar-refractivity contribution in [2.75, 3.05) is 6.54 Å². The Kier molecular flexibility index (Phi) is 5.03. The molecule has 3 rings (SSSR count). The second-order valence-corrected chi connectivity index (χ2v) is 5.61. The van der Waals surface area contributed by atoms with Crippen LogP contribution < -0.4 is 11.1 Å². The summed E-state index contributed by atoms with van der Waals surface area (Å²) >= 11 is 0. The van der Waals surface area contributed by atoms with Gasteiger partial charge in [-0.15, -0.1) is 0 Å². The van der Waals surface area contributed by atoms with Gasteiger partial charge >= 0.3 is 0 Å². The Morgan fingerprint density at radius 3 is 2.88 bits per heavy atom. The molecular formula is C19H20N4O. The lowest BCUT2D eigenvalue weighted by Crippen LogP contribution is -2.40. The topological polar surface area (TPSA) is 83.8 Å². The largest absolute Gasteiger partial charge is 0.348 e. The second-order valence-electron chi connectivity index (χ2n) is 5.61. The molecule has 0 radical (unpaired) electrons. The molecule has 2 aromatic heterocycles. The molecule has 4 N–H and O–H groups in total. The molecule has 2 heterocycles. The molecule has 0 fully saturated rings. The number of carbonyl (C=O) groups is 1. The highest BCUT2D eigenvalue weighted by molar-refractivity contribution is 5.95. The van der Waals surface area contributed by atoms with Gasteiger partial charge in [0.15, 0.2) is 0 Å². The predicted molar refractivity (Wildman–Crippen MR) is 96.3 cm³/mol. The number of hydrogen-bond acceptors (Lipinski definition) is 3. The maximum Gasteiger partial charge on any atom is 0.244 e. The maximum absolute atomic E-state index is 12.2. The third-order valence-electron chi connectivity index (χ3n) is 3.85. The second kappa shape index (κ2) is 7.57. The monoisotopic (exact) mass is 320 g/mol. The van der Waals surface area contributed by atoms with E-state index < -0.39 is 0 Å². The summed E-state index contributed by atoms with van der Waals surface area (Å²) in [5.74, 6) is -0.153. The maximum atomic E-state index is 12.2. The number of carbonyl (C=O) groups excluding carboxylic acids is 1. The number of nitrogens with two attached hydrogens (primary N) is 1. The molecule has 0 bridgehead atoms. The number of aromatic nitrogens is 2. The molecule has 1 aromatic carbocycles. The molecule has 0 saturated carbocycles. The molecule has 0 unspecified atom stereocenters. The van der Waals surface area contributed by atoms with E-state index in [0.29, 0.717) is 13.0 Å². The minimum atomic E-state index is -0.153. The Bertz CT molecular complexity index is 839. The number of benzene rings is 1. The average Bonchev–Trinajstić information content (AvgIpc) is 3.03. The Morgan fingerprint density at radius 2 is 2.08 bits per heavy atom. The highest BCUT2D eigenvalue weighted by Gasteiger charge is 2.10. The van der Waals surface area contributed by atoms with Crippen LogP contribution in [0.25, 0.3) is 17.1 Å². The van der Waals surface area contributed by atoms with E-state index in [1.54, 1.807) is 12.3 Å². The normalized spacial score (nSPS) is 12.5. The number of amides is 1. The predicted octanol–water partition coefficient (Wildman–Crippen LogP) is 2.26. The summed E-state index contributed by atoms with van der Waals surface area (Å²) in [6.45, 7) is 0.394. The van der Waals surface area contributed by atoms with Crippen LogP contribution in [0, 0.1) is 0 Å². The number of pyridine rings is 1. The Balaban J connectivity index is 1.63. The molecule has 0 saturated heterocycles. The van der Waals surface area contributed by atoms with Crippen LogP contribution >= 0.6 is 0 Å². The summed E-state index contributed by atoms with van der Waals surface area (Å²) < 4.78 is 0. The standard InChI is InChI=1S/C19H20N4O/c20-12-16(11-14-5-2-1-3-6-14)23-18(24)9-8-15-13-22-19-17(15)7-4-10-21-19/h1-10,13,16H,11-12,20H2,(H,21,22)(H,23,24)/t16-/m1/s1. The first-order chi connectivity index (χ1) is 11.8. The number of nitrogens with one attached hydrogen (secondary N) is 2. The fraction of sp³-hybridized carbons (Fsp3) is 0.158. The van der Waals surface area contributed by atoms with Gasteiger partial charge in [0, 0.05) is 42.0 Å². The van der Waals surface area contributed by atoms with Gasteiger partial charge in [0.05, 0.1) is 0 Å². The Morgan fingerprint density at radius 1 is 1.25 bits per heavy atom. The van der Waals surface area contributed by atoms with E-state index in [4.69, 9.17) is 5.73 Å². The zero-order valence-corrected chi connectivity index (χ0v) is 13.3. The van der Waals surface area contributed by atoms with Gasteiger partial charge in [-0.05, 0) is 30.2 Å². The number of rotatable bonds is 6. The van der Waals surface area contributed by atoms with Crippen LogP contribution in [0.2, 0.25) is 0 Å². The van der Waals surface area contributed by atoms with Crippen molar-refractivity contribution in [3.05, 3.63) is 72.1 Å². The first-order valence-electron chi connectivity index (χ1n) is 7.91. The van der Waals surface area contributed by atoms with Crippen LogP contribution in [0.3, 0.4) is 0 Å². The average molecular weight is 320 g/mol. The van der Waals surface area contributed by atoms with E-state index in [1.807, 2.05) is 48.7 Å². The van der Waals surface area contributed by atoms with Crippen molar-refractivity contribution >= 4 is 23.0 Å². The molecular weight excluding hydrogens is 300 g/mol. The number of fused-ring (bicyclic) bond motifs is 1. The molecule has 5 nitrogen and oxygen atoms in total. The number of hydrogen-bond donors (Lipinski definition) is 3. The van der Waals surface area contributed by atoms with E-state index in [0.717, 1.165) is 22.2 Å². The van der Waals surface area contributed by atoms with Gasteiger partial charge in [0.1, 0.15) is 5.65 Å². The van der Waals surface area contributed by atoms with Gasteiger partial charge < -0.3 is 16.0 Å².